The number of amides is 2. The molecule has 0 atom stereocenters. The molecule has 0 aliphatic heterocycles. The molecule has 2 amide bonds. The topological polar surface area (TPSA) is 58.6 Å². The van der Waals surface area contributed by atoms with Crippen molar-refractivity contribution in [2.24, 2.45) is 0 Å². The van der Waals surface area contributed by atoms with E-state index in [9.17, 15) is 9.59 Å². The minimum Gasteiger partial charge on any atom is -0.490 e. The molecule has 2 aromatic rings. The number of nitrogens with one attached hydrogen (secondary N) is 1. The van der Waals surface area contributed by atoms with Gasteiger partial charge in [0.1, 0.15) is 12.4 Å². The summed E-state index contributed by atoms with van der Waals surface area (Å²) in [6, 6.07) is 12.2. The first-order valence-electron chi connectivity index (χ1n) is 8.41. The number of carbonyl (C=O) groups excluding carboxylic acids is 2. The maximum absolute atomic E-state index is 12.2. The number of rotatable bonds is 8. The number of likely N-dealkylation sites (N-methyl/N-ethyl adjacent to an activating group) is 1. The molecule has 2 aromatic carbocycles. The van der Waals surface area contributed by atoms with E-state index in [2.05, 4.69) is 11.9 Å². The number of carbonyl (C=O) groups is 2. The minimum atomic E-state index is -0.400. The Kier molecular flexibility index (Phi) is 8.11. The zero-order valence-electron chi connectivity index (χ0n) is 15.3. The van der Waals surface area contributed by atoms with Crippen LogP contribution in [-0.2, 0) is 9.59 Å². The van der Waals surface area contributed by atoms with Crippen LogP contribution in [-0.4, -0.2) is 36.9 Å². The van der Waals surface area contributed by atoms with Gasteiger partial charge in [-0.05, 0) is 35.9 Å². The van der Waals surface area contributed by atoms with Crippen LogP contribution in [0.25, 0.3) is 6.08 Å². The quantitative estimate of drug-likeness (QED) is 0.500. The molecular weight excluding hydrogens is 399 g/mol. The summed E-state index contributed by atoms with van der Waals surface area (Å²) in [6.45, 7) is 3.88. The highest BCUT2D eigenvalue weighted by Crippen LogP contribution is 2.29. The lowest BCUT2D eigenvalue weighted by atomic mass is 10.2. The molecule has 0 aromatic heterocycles. The monoisotopic (exact) mass is 418 g/mol. The highest BCUT2D eigenvalue weighted by atomic mass is 35.5. The van der Waals surface area contributed by atoms with Crippen molar-refractivity contribution in [2.45, 2.75) is 0 Å². The van der Waals surface area contributed by atoms with Crippen LogP contribution in [0.3, 0.4) is 0 Å². The first kappa shape index (κ1) is 21.5. The second kappa shape index (κ2) is 10.5. The van der Waals surface area contributed by atoms with E-state index in [-0.39, 0.29) is 12.5 Å². The van der Waals surface area contributed by atoms with Crippen LogP contribution in [0.1, 0.15) is 5.56 Å². The normalized spacial score (nSPS) is 10.5. The van der Waals surface area contributed by atoms with Crippen molar-refractivity contribution in [2.75, 3.05) is 25.5 Å². The van der Waals surface area contributed by atoms with Crippen LogP contribution in [0.5, 0.6) is 5.75 Å². The van der Waals surface area contributed by atoms with Crippen LogP contribution >= 0.6 is 23.2 Å². The molecule has 0 spiro atoms. The molecule has 146 valence electrons. The molecule has 7 heteroatoms. The fourth-order valence-electron chi connectivity index (χ4n) is 2.21. The molecule has 5 nitrogen and oxygen atoms in total. The maximum Gasteiger partial charge on any atom is 0.246 e. The Bertz CT molecular complexity index is 859. The van der Waals surface area contributed by atoms with Gasteiger partial charge in [0, 0.05) is 13.1 Å². The number of nitrogens with zero attached hydrogens (tertiary/aromatic N) is 1. The third kappa shape index (κ3) is 6.44. The van der Waals surface area contributed by atoms with Gasteiger partial charge in [0.15, 0.2) is 0 Å². The third-order valence-corrected chi connectivity index (χ3v) is 4.28. The van der Waals surface area contributed by atoms with Crippen LogP contribution in [0.4, 0.5) is 5.69 Å². The van der Waals surface area contributed by atoms with Crippen LogP contribution in [0, 0.1) is 0 Å². The summed E-state index contributed by atoms with van der Waals surface area (Å²) in [7, 11) is 1.53. The predicted octanol–water partition coefficient (Wildman–Crippen LogP) is 4.67. The van der Waals surface area contributed by atoms with Gasteiger partial charge >= 0.3 is 0 Å². The summed E-state index contributed by atoms with van der Waals surface area (Å²) >= 11 is 12.0. The molecular formula is C21H20Cl2N2O3. The first-order chi connectivity index (χ1) is 13.4. The van der Waals surface area contributed by atoms with E-state index in [1.165, 1.54) is 18.0 Å². The molecule has 0 fully saturated rings. The summed E-state index contributed by atoms with van der Waals surface area (Å²) in [6.07, 6.45) is 4.73. The molecule has 0 radical (unpaired) electrons. The molecule has 0 aliphatic carbocycles. The standard InChI is InChI=1S/C21H20Cl2N2O3/c1-3-13-28-16-10-7-15(8-11-16)9-12-20(27)25(2)14-19(26)24-21-17(22)5-4-6-18(21)23/h3-12H,1,13-14H2,2H3,(H,24,26)/b12-9+. The van der Waals surface area contributed by atoms with Gasteiger partial charge in [0.25, 0.3) is 0 Å². The molecule has 0 saturated heterocycles. The molecule has 1 N–H and O–H groups in total. The van der Waals surface area contributed by atoms with Crippen LogP contribution in [0.2, 0.25) is 10.0 Å². The summed E-state index contributed by atoms with van der Waals surface area (Å²) in [4.78, 5) is 25.7. The molecule has 0 saturated carbocycles. The fourth-order valence-corrected chi connectivity index (χ4v) is 2.71. The molecule has 2 rings (SSSR count). The zero-order chi connectivity index (χ0) is 20.5. The Hall–Kier alpha value is -2.76. The van der Waals surface area contributed by atoms with Crippen molar-refractivity contribution >= 4 is 46.8 Å². The lowest BCUT2D eigenvalue weighted by molar-refractivity contribution is -0.129. The number of halogens is 2. The number of para-hydroxylation sites is 1. The summed E-state index contributed by atoms with van der Waals surface area (Å²) in [5.41, 5.74) is 1.16. The lowest BCUT2D eigenvalue weighted by Gasteiger charge is -2.16. The Morgan fingerprint density at radius 3 is 2.39 bits per heavy atom. The van der Waals surface area contributed by atoms with Gasteiger partial charge in [-0.3, -0.25) is 9.59 Å². The van der Waals surface area contributed by atoms with E-state index in [4.69, 9.17) is 27.9 Å². The van der Waals surface area contributed by atoms with E-state index in [0.717, 1.165) is 11.3 Å². The number of ether oxygens (including phenoxy) is 1. The van der Waals surface area contributed by atoms with E-state index in [1.54, 1.807) is 42.5 Å². The Labute approximate surface area is 174 Å². The highest BCUT2D eigenvalue weighted by molar-refractivity contribution is 6.39. The Morgan fingerprint density at radius 1 is 1.14 bits per heavy atom. The number of hydrogen-bond donors (Lipinski definition) is 1. The smallest absolute Gasteiger partial charge is 0.246 e. The van der Waals surface area contributed by atoms with E-state index >= 15 is 0 Å². The van der Waals surface area contributed by atoms with Crippen molar-refractivity contribution in [1.29, 1.82) is 0 Å². The first-order valence-corrected chi connectivity index (χ1v) is 9.17. The van der Waals surface area contributed by atoms with Gasteiger partial charge in [-0.25, -0.2) is 0 Å². The maximum atomic E-state index is 12.2. The van der Waals surface area contributed by atoms with Crippen molar-refractivity contribution < 1.29 is 14.3 Å². The van der Waals surface area contributed by atoms with Crippen LogP contribution in [0.15, 0.2) is 61.2 Å². The molecule has 0 bridgehead atoms. The summed E-state index contributed by atoms with van der Waals surface area (Å²) in [5.74, 6) is 0.00533. The minimum absolute atomic E-state index is 0.140. The highest BCUT2D eigenvalue weighted by Gasteiger charge is 2.13. The largest absolute Gasteiger partial charge is 0.490 e. The van der Waals surface area contributed by atoms with Gasteiger partial charge in [-0.1, -0.05) is 54.1 Å². The molecule has 0 heterocycles. The van der Waals surface area contributed by atoms with Crippen molar-refractivity contribution in [3.05, 3.63) is 76.8 Å². The van der Waals surface area contributed by atoms with E-state index in [1.807, 2.05) is 12.1 Å². The van der Waals surface area contributed by atoms with Gasteiger partial charge in [-0.15, -0.1) is 0 Å². The lowest BCUT2D eigenvalue weighted by Crippen LogP contribution is -2.34. The van der Waals surface area contributed by atoms with E-state index < -0.39 is 5.91 Å². The van der Waals surface area contributed by atoms with Gasteiger partial charge < -0.3 is 15.0 Å². The molecule has 28 heavy (non-hydrogen) atoms. The zero-order valence-corrected chi connectivity index (χ0v) is 16.8. The van der Waals surface area contributed by atoms with Gasteiger partial charge in [0.05, 0.1) is 22.3 Å². The predicted molar refractivity (Wildman–Crippen MR) is 114 cm³/mol. The molecule has 0 unspecified atom stereocenters. The summed E-state index contributed by atoms with van der Waals surface area (Å²) < 4.78 is 5.40. The van der Waals surface area contributed by atoms with Crippen molar-refractivity contribution in [3.8, 4) is 5.75 Å². The number of benzene rings is 2. The van der Waals surface area contributed by atoms with Crippen LogP contribution < -0.4 is 10.1 Å². The van der Waals surface area contributed by atoms with Gasteiger partial charge in [-0.2, -0.15) is 0 Å². The average molecular weight is 419 g/mol. The number of hydrogen-bond acceptors (Lipinski definition) is 3. The van der Waals surface area contributed by atoms with Gasteiger partial charge in [0.2, 0.25) is 11.8 Å². The molecule has 0 aliphatic rings. The second-order valence-electron chi connectivity index (χ2n) is 5.84. The fraction of sp³-hybridized carbons (Fsp3) is 0.143. The van der Waals surface area contributed by atoms with Crippen molar-refractivity contribution in [1.82, 2.24) is 4.90 Å². The average Bonchev–Trinajstić information content (AvgIpc) is 2.68. The Morgan fingerprint density at radius 2 is 1.79 bits per heavy atom. The number of anilines is 1. The third-order valence-electron chi connectivity index (χ3n) is 3.65. The van der Waals surface area contributed by atoms with E-state index in [0.29, 0.717) is 22.3 Å². The Balaban J connectivity index is 1.90. The second-order valence-corrected chi connectivity index (χ2v) is 6.66. The summed E-state index contributed by atoms with van der Waals surface area (Å²) in [5, 5.41) is 3.28. The SMILES string of the molecule is C=CCOc1ccc(/C=C/C(=O)N(C)CC(=O)Nc2c(Cl)cccc2Cl)cc1. The van der Waals surface area contributed by atoms with Crippen molar-refractivity contribution in [3.63, 3.8) is 0 Å².